The highest BCUT2D eigenvalue weighted by Crippen LogP contribution is 2.20. The first kappa shape index (κ1) is 14.9. The molecule has 3 N–H and O–H groups in total. The number of sulfonamides is 1. The van der Waals surface area contributed by atoms with E-state index in [9.17, 15) is 8.42 Å². The number of nitrogens with one attached hydrogen (secondary N) is 3. The third kappa shape index (κ3) is 3.32. The molecule has 0 bridgehead atoms. The van der Waals surface area contributed by atoms with Crippen molar-refractivity contribution in [3.8, 4) is 0 Å². The van der Waals surface area contributed by atoms with Crippen molar-refractivity contribution >= 4 is 26.5 Å². The van der Waals surface area contributed by atoms with Crippen molar-refractivity contribution in [3.63, 3.8) is 0 Å². The summed E-state index contributed by atoms with van der Waals surface area (Å²) in [5, 5.41) is 17.2. The second-order valence-corrected chi connectivity index (χ2v) is 6.59. The molecule has 0 amide bonds. The van der Waals surface area contributed by atoms with Gasteiger partial charge in [0, 0.05) is 17.8 Å². The van der Waals surface area contributed by atoms with E-state index in [0.29, 0.717) is 12.1 Å². The topological polar surface area (TPSA) is 113 Å². The fourth-order valence-electron chi connectivity index (χ4n) is 1.63. The van der Waals surface area contributed by atoms with E-state index in [4.69, 9.17) is 0 Å². The number of H-pyrrole nitrogens is 1. The number of aryl methyl sites for hydroxylation is 1. The van der Waals surface area contributed by atoms with E-state index >= 15 is 0 Å². The second-order valence-electron chi connectivity index (χ2n) is 4.16. The maximum absolute atomic E-state index is 12.3. The Bertz CT molecular complexity index is 649. The smallest absolute Gasteiger partial charge is 0.283 e. The second kappa shape index (κ2) is 6.29. The summed E-state index contributed by atoms with van der Waals surface area (Å²) in [6.45, 7) is 5.10. The van der Waals surface area contributed by atoms with Gasteiger partial charge in [-0.05, 0) is 19.9 Å². The molecule has 2 heterocycles. The molecule has 10 heteroatoms. The average molecular weight is 316 g/mol. The van der Waals surface area contributed by atoms with Gasteiger partial charge in [-0.15, -0.1) is 10.2 Å². The minimum absolute atomic E-state index is 0.00574. The molecule has 8 nitrogen and oxygen atoms in total. The minimum atomic E-state index is -3.75. The SMILES string of the molecule is CCCNCc1c(S(=O)(=O)Nc2nncs2)n[nH]c1C. The van der Waals surface area contributed by atoms with Crippen LogP contribution in [0.25, 0.3) is 0 Å². The van der Waals surface area contributed by atoms with Crippen molar-refractivity contribution in [1.82, 2.24) is 25.7 Å². The molecule has 0 saturated heterocycles. The lowest BCUT2D eigenvalue weighted by Gasteiger charge is -2.06. The Morgan fingerprint density at radius 3 is 2.90 bits per heavy atom. The fourth-order valence-corrected chi connectivity index (χ4v) is 3.52. The van der Waals surface area contributed by atoms with Gasteiger partial charge in [0.15, 0.2) is 0 Å². The van der Waals surface area contributed by atoms with Crippen LogP contribution in [0.4, 0.5) is 5.13 Å². The predicted molar refractivity (Wildman–Crippen MR) is 76.0 cm³/mol. The number of anilines is 1. The largest absolute Gasteiger partial charge is 0.313 e. The maximum atomic E-state index is 12.3. The molecule has 0 aliphatic rings. The van der Waals surface area contributed by atoms with Crippen LogP contribution in [0.15, 0.2) is 10.5 Å². The highest BCUT2D eigenvalue weighted by atomic mass is 32.2. The number of hydrogen-bond acceptors (Lipinski definition) is 7. The van der Waals surface area contributed by atoms with Crippen LogP contribution in [-0.4, -0.2) is 35.4 Å². The Morgan fingerprint density at radius 2 is 2.25 bits per heavy atom. The van der Waals surface area contributed by atoms with Crippen molar-refractivity contribution in [3.05, 3.63) is 16.8 Å². The van der Waals surface area contributed by atoms with Gasteiger partial charge in [-0.1, -0.05) is 18.3 Å². The molecule has 2 aromatic heterocycles. The monoisotopic (exact) mass is 316 g/mol. The van der Waals surface area contributed by atoms with Crippen molar-refractivity contribution in [2.75, 3.05) is 11.3 Å². The highest BCUT2D eigenvalue weighted by Gasteiger charge is 2.24. The van der Waals surface area contributed by atoms with Crippen LogP contribution >= 0.6 is 11.3 Å². The van der Waals surface area contributed by atoms with Gasteiger partial charge in [0.05, 0.1) is 0 Å². The summed E-state index contributed by atoms with van der Waals surface area (Å²) in [6.07, 6.45) is 0.974. The Hall–Kier alpha value is -1.52. The van der Waals surface area contributed by atoms with Crippen LogP contribution in [0.2, 0.25) is 0 Å². The van der Waals surface area contributed by atoms with Crippen molar-refractivity contribution in [2.24, 2.45) is 0 Å². The highest BCUT2D eigenvalue weighted by molar-refractivity contribution is 7.92. The summed E-state index contributed by atoms with van der Waals surface area (Å²) >= 11 is 1.11. The first-order chi connectivity index (χ1) is 9.54. The average Bonchev–Trinajstić information content (AvgIpc) is 3.00. The zero-order valence-electron chi connectivity index (χ0n) is 11.2. The lowest BCUT2D eigenvalue weighted by molar-refractivity contribution is 0.593. The van der Waals surface area contributed by atoms with Gasteiger partial charge < -0.3 is 5.32 Å². The van der Waals surface area contributed by atoms with Gasteiger partial charge in [0.25, 0.3) is 10.0 Å². The van der Waals surface area contributed by atoms with Gasteiger partial charge in [-0.2, -0.15) is 13.5 Å². The van der Waals surface area contributed by atoms with Crippen LogP contribution in [0.5, 0.6) is 0 Å². The van der Waals surface area contributed by atoms with E-state index < -0.39 is 10.0 Å². The van der Waals surface area contributed by atoms with Crippen LogP contribution < -0.4 is 10.0 Å². The molecule has 0 radical (unpaired) electrons. The van der Waals surface area contributed by atoms with Gasteiger partial charge in [0.2, 0.25) is 10.2 Å². The molecule has 20 heavy (non-hydrogen) atoms. The lowest BCUT2D eigenvalue weighted by atomic mass is 10.2. The molecule has 0 spiro atoms. The summed E-state index contributed by atoms with van der Waals surface area (Å²) in [4.78, 5) is 0. The van der Waals surface area contributed by atoms with E-state index in [1.807, 2.05) is 6.92 Å². The summed E-state index contributed by atoms with van der Waals surface area (Å²) in [6, 6.07) is 0. The minimum Gasteiger partial charge on any atom is -0.313 e. The number of rotatable bonds is 7. The van der Waals surface area contributed by atoms with Gasteiger partial charge in [-0.25, -0.2) is 0 Å². The lowest BCUT2D eigenvalue weighted by Crippen LogP contribution is -2.19. The quantitative estimate of drug-likeness (QED) is 0.653. The van der Waals surface area contributed by atoms with Crippen LogP contribution in [0.3, 0.4) is 0 Å². The van der Waals surface area contributed by atoms with Gasteiger partial charge >= 0.3 is 0 Å². The Labute approximate surface area is 121 Å². The summed E-state index contributed by atoms with van der Waals surface area (Å²) < 4.78 is 26.9. The molecule has 0 saturated carbocycles. The third-order valence-corrected chi connectivity index (χ3v) is 4.65. The van der Waals surface area contributed by atoms with Crippen molar-refractivity contribution in [2.45, 2.75) is 31.8 Å². The standard InChI is InChI=1S/C10H16N6O2S2/c1-3-4-11-5-8-7(2)13-14-9(8)20(17,18)16-10-15-12-6-19-10/h6,11H,3-5H2,1-2H3,(H,13,14)(H,15,16). The van der Waals surface area contributed by atoms with E-state index in [1.165, 1.54) is 5.51 Å². The molecule has 110 valence electrons. The summed E-state index contributed by atoms with van der Waals surface area (Å²) in [5.41, 5.74) is 2.82. The molecule has 0 aromatic carbocycles. The first-order valence-corrected chi connectivity index (χ1v) is 8.44. The zero-order valence-corrected chi connectivity index (χ0v) is 12.8. The first-order valence-electron chi connectivity index (χ1n) is 6.08. The molecular weight excluding hydrogens is 300 g/mol. The molecule has 0 aliphatic heterocycles. The Balaban J connectivity index is 2.23. The van der Waals surface area contributed by atoms with Crippen molar-refractivity contribution in [1.29, 1.82) is 0 Å². The molecule has 0 unspecified atom stereocenters. The number of nitrogens with zero attached hydrogens (tertiary/aromatic N) is 3. The van der Waals surface area contributed by atoms with Gasteiger partial charge in [-0.3, -0.25) is 9.82 Å². The van der Waals surface area contributed by atoms with Crippen LogP contribution in [-0.2, 0) is 16.6 Å². The molecule has 0 fully saturated rings. The van der Waals surface area contributed by atoms with Crippen LogP contribution in [0, 0.1) is 6.92 Å². The summed E-state index contributed by atoms with van der Waals surface area (Å²) in [7, 11) is -3.75. The van der Waals surface area contributed by atoms with Crippen LogP contribution in [0.1, 0.15) is 24.6 Å². The van der Waals surface area contributed by atoms with E-state index in [-0.39, 0.29) is 10.2 Å². The maximum Gasteiger partial charge on any atom is 0.283 e. The van der Waals surface area contributed by atoms with E-state index in [1.54, 1.807) is 6.92 Å². The molecule has 0 atom stereocenters. The van der Waals surface area contributed by atoms with E-state index in [0.717, 1.165) is 30.0 Å². The number of aromatic amines is 1. The Morgan fingerprint density at radius 1 is 1.45 bits per heavy atom. The molecule has 0 aliphatic carbocycles. The zero-order chi connectivity index (χ0) is 14.6. The predicted octanol–water partition coefficient (Wildman–Crippen LogP) is 0.870. The normalized spacial score (nSPS) is 11.7. The molecular formula is C10H16N6O2S2. The number of aromatic nitrogens is 4. The van der Waals surface area contributed by atoms with Gasteiger partial charge in [0.1, 0.15) is 5.51 Å². The number of hydrogen-bond donors (Lipinski definition) is 3. The Kier molecular flexibility index (Phi) is 4.68. The molecule has 2 aromatic rings. The van der Waals surface area contributed by atoms with Crippen molar-refractivity contribution < 1.29 is 8.42 Å². The summed E-state index contributed by atoms with van der Waals surface area (Å²) in [5.74, 6) is 0. The molecule has 2 rings (SSSR count). The fraction of sp³-hybridized carbons (Fsp3) is 0.500. The third-order valence-electron chi connectivity index (χ3n) is 2.60. The van der Waals surface area contributed by atoms with E-state index in [2.05, 4.69) is 30.4 Å².